The molecule has 8 heteroatoms. The van der Waals surface area contributed by atoms with Crippen LogP contribution in [0.2, 0.25) is 0 Å². The van der Waals surface area contributed by atoms with Gasteiger partial charge in [0.2, 0.25) is 0 Å². The number of amides is 2. The zero-order chi connectivity index (χ0) is 22.0. The van der Waals surface area contributed by atoms with Crippen LogP contribution >= 0.6 is 27.5 Å². The van der Waals surface area contributed by atoms with Gasteiger partial charge >= 0.3 is 5.97 Å². The lowest BCUT2D eigenvalue weighted by molar-refractivity contribution is -0.120. The maximum absolute atomic E-state index is 12.8. The molecule has 0 bridgehead atoms. The van der Waals surface area contributed by atoms with Gasteiger partial charge in [-0.25, -0.2) is 9.69 Å². The number of esters is 1. The molecule has 0 unspecified atom stereocenters. The normalized spacial score (nSPS) is 13.5. The third-order valence-electron chi connectivity index (χ3n) is 4.46. The number of imide groups is 1. The molecule has 3 aromatic carbocycles. The van der Waals surface area contributed by atoms with E-state index in [0.717, 1.165) is 9.37 Å². The van der Waals surface area contributed by atoms with Gasteiger partial charge in [-0.15, -0.1) is 0 Å². The van der Waals surface area contributed by atoms with Crippen molar-refractivity contribution in [2.75, 3.05) is 10.2 Å². The number of halogens is 2. The summed E-state index contributed by atoms with van der Waals surface area (Å²) in [4.78, 5) is 38.5. The van der Waals surface area contributed by atoms with E-state index in [1.807, 2.05) is 0 Å². The fraction of sp³-hybridized carbons (Fsp3) is 0. The lowest BCUT2D eigenvalue weighted by Gasteiger charge is -2.14. The molecule has 0 radical (unpaired) electrons. The molecule has 0 saturated heterocycles. The Morgan fingerprint density at radius 1 is 0.871 bits per heavy atom. The van der Waals surface area contributed by atoms with E-state index in [4.69, 9.17) is 16.3 Å². The number of hydrogen-bond acceptors (Lipinski definition) is 5. The zero-order valence-corrected chi connectivity index (χ0v) is 18.2. The van der Waals surface area contributed by atoms with Gasteiger partial charge < -0.3 is 10.1 Å². The maximum atomic E-state index is 12.8. The molecule has 0 aliphatic carbocycles. The van der Waals surface area contributed by atoms with Crippen LogP contribution in [0, 0.1) is 0 Å². The van der Waals surface area contributed by atoms with Crippen LogP contribution in [0.3, 0.4) is 0 Å². The van der Waals surface area contributed by atoms with E-state index in [-0.39, 0.29) is 10.7 Å². The lowest BCUT2D eigenvalue weighted by Crippen LogP contribution is -2.32. The molecule has 1 N–H and O–H groups in total. The number of rotatable bonds is 5. The number of carbonyl (C=O) groups excluding carboxylic acids is 3. The summed E-state index contributed by atoms with van der Waals surface area (Å²) in [5.41, 5.74) is 1.22. The summed E-state index contributed by atoms with van der Waals surface area (Å²) in [7, 11) is 0. The average molecular weight is 498 g/mol. The molecule has 0 atom stereocenters. The fourth-order valence-electron chi connectivity index (χ4n) is 2.93. The summed E-state index contributed by atoms with van der Waals surface area (Å²) in [5, 5.41) is 2.67. The highest BCUT2D eigenvalue weighted by Crippen LogP contribution is 2.30. The van der Waals surface area contributed by atoms with Crippen molar-refractivity contribution >= 4 is 56.7 Å². The third-order valence-corrected chi connectivity index (χ3v) is 5.34. The largest absolute Gasteiger partial charge is 0.423 e. The Kier molecular flexibility index (Phi) is 5.88. The first-order valence-electron chi connectivity index (χ1n) is 9.12. The van der Waals surface area contributed by atoms with Gasteiger partial charge in [-0.05, 0) is 60.7 Å². The Bertz CT molecular complexity index is 1190. The molecular formula is C23H14BrClN2O4. The number of carbonyl (C=O) groups is 3. The molecule has 2 amide bonds. The molecule has 3 aromatic rings. The van der Waals surface area contributed by atoms with E-state index >= 15 is 0 Å². The first-order chi connectivity index (χ1) is 14.9. The second-order valence-electron chi connectivity index (χ2n) is 6.52. The Morgan fingerprint density at radius 2 is 1.52 bits per heavy atom. The Balaban J connectivity index is 1.47. The number of nitrogens with one attached hydrogen (secondary N) is 1. The van der Waals surface area contributed by atoms with Crippen molar-refractivity contribution < 1.29 is 19.1 Å². The summed E-state index contributed by atoms with van der Waals surface area (Å²) >= 11 is 9.45. The van der Waals surface area contributed by atoms with Crippen molar-refractivity contribution in [3.8, 4) is 5.75 Å². The predicted octanol–water partition coefficient (Wildman–Crippen LogP) is 5.10. The van der Waals surface area contributed by atoms with Crippen molar-refractivity contribution in [3.63, 3.8) is 0 Å². The van der Waals surface area contributed by atoms with Crippen molar-refractivity contribution in [2.45, 2.75) is 0 Å². The first kappa shape index (κ1) is 20.8. The van der Waals surface area contributed by atoms with E-state index in [1.165, 1.54) is 0 Å². The van der Waals surface area contributed by atoms with Crippen LogP contribution < -0.4 is 15.0 Å². The van der Waals surface area contributed by atoms with Crippen molar-refractivity contribution in [3.05, 3.63) is 99.6 Å². The lowest BCUT2D eigenvalue weighted by atomic mass is 10.2. The number of nitrogens with zero attached hydrogens (tertiary/aromatic N) is 1. The van der Waals surface area contributed by atoms with Gasteiger partial charge in [-0.3, -0.25) is 9.59 Å². The first-order valence-corrected chi connectivity index (χ1v) is 10.3. The van der Waals surface area contributed by atoms with Gasteiger partial charge in [0.15, 0.2) is 0 Å². The highest BCUT2D eigenvalue weighted by atomic mass is 79.9. The maximum Gasteiger partial charge on any atom is 0.343 e. The minimum atomic E-state index is -0.602. The summed E-state index contributed by atoms with van der Waals surface area (Å²) in [5.74, 6) is -1.26. The van der Waals surface area contributed by atoms with E-state index < -0.39 is 17.8 Å². The van der Waals surface area contributed by atoms with Crippen LogP contribution in [0.15, 0.2) is 94.1 Å². The Hall–Kier alpha value is -3.42. The zero-order valence-electron chi connectivity index (χ0n) is 15.8. The standard InChI is InChI=1S/C23H14BrClN2O4/c24-15-8-12-18(13-9-15)31-23(30)14-6-10-16(11-7-14)26-20-19(25)21(28)27(22(20)29)17-4-2-1-3-5-17/h1-13,26H. The predicted molar refractivity (Wildman–Crippen MR) is 121 cm³/mol. The SMILES string of the molecule is O=C(Oc1ccc(Br)cc1)c1ccc(NC2=C(Cl)C(=O)N(c3ccccc3)C2=O)cc1. The van der Waals surface area contributed by atoms with Gasteiger partial charge in [0, 0.05) is 10.2 Å². The molecule has 0 aromatic heterocycles. The molecule has 0 saturated carbocycles. The quantitative estimate of drug-likeness (QED) is 0.301. The molecule has 0 fully saturated rings. The smallest absolute Gasteiger partial charge is 0.343 e. The van der Waals surface area contributed by atoms with E-state index in [9.17, 15) is 14.4 Å². The molecule has 4 rings (SSSR count). The van der Waals surface area contributed by atoms with Gasteiger partial charge in [-0.2, -0.15) is 0 Å². The van der Waals surface area contributed by atoms with Gasteiger partial charge in [-0.1, -0.05) is 45.7 Å². The topological polar surface area (TPSA) is 75.7 Å². The van der Waals surface area contributed by atoms with Crippen LogP contribution in [-0.4, -0.2) is 17.8 Å². The Labute approximate surface area is 191 Å². The van der Waals surface area contributed by atoms with Crippen LogP contribution in [0.5, 0.6) is 5.75 Å². The molecule has 1 aliphatic rings. The minimum absolute atomic E-state index is 0.0271. The molecule has 154 valence electrons. The second kappa shape index (κ2) is 8.75. The summed E-state index contributed by atoms with van der Waals surface area (Å²) in [6.07, 6.45) is 0. The third kappa shape index (κ3) is 4.38. The number of benzene rings is 3. The molecule has 6 nitrogen and oxygen atoms in total. The average Bonchev–Trinajstić information content (AvgIpc) is 2.99. The van der Waals surface area contributed by atoms with Crippen molar-refractivity contribution in [1.29, 1.82) is 0 Å². The number of anilines is 2. The second-order valence-corrected chi connectivity index (χ2v) is 7.81. The van der Waals surface area contributed by atoms with Crippen LogP contribution in [-0.2, 0) is 9.59 Å². The molecular weight excluding hydrogens is 484 g/mol. The molecule has 1 aliphatic heterocycles. The molecule has 1 heterocycles. The summed E-state index contributed by atoms with van der Waals surface area (Å²) in [6.45, 7) is 0. The van der Waals surface area contributed by atoms with E-state index in [1.54, 1.807) is 78.9 Å². The van der Waals surface area contributed by atoms with Gasteiger partial charge in [0.1, 0.15) is 16.5 Å². The van der Waals surface area contributed by atoms with E-state index in [0.29, 0.717) is 22.7 Å². The highest BCUT2D eigenvalue weighted by molar-refractivity contribution is 9.10. The van der Waals surface area contributed by atoms with Crippen molar-refractivity contribution in [1.82, 2.24) is 0 Å². The van der Waals surface area contributed by atoms with Crippen LogP contribution in [0.1, 0.15) is 10.4 Å². The van der Waals surface area contributed by atoms with E-state index in [2.05, 4.69) is 21.2 Å². The Morgan fingerprint density at radius 3 is 2.16 bits per heavy atom. The number of para-hydroxylation sites is 1. The fourth-order valence-corrected chi connectivity index (χ4v) is 3.40. The van der Waals surface area contributed by atoms with Crippen LogP contribution in [0.25, 0.3) is 0 Å². The van der Waals surface area contributed by atoms with Crippen LogP contribution in [0.4, 0.5) is 11.4 Å². The number of ether oxygens (including phenoxy) is 1. The van der Waals surface area contributed by atoms with Gasteiger partial charge in [0.05, 0.1) is 11.3 Å². The molecule has 31 heavy (non-hydrogen) atoms. The van der Waals surface area contributed by atoms with Crippen molar-refractivity contribution in [2.24, 2.45) is 0 Å². The highest BCUT2D eigenvalue weighted by Gasteiger charge is 2.38. The molecule has 0 spiro atoms. The minimum Gasteiger partial charge on any atom is -0.423 e. The summed E-state index contributed by atoms with van der Waals surface area (Å²) < 4.78 is 6.20. The monoisotopic (exact) mass is 496 g/mol. The van der Waals surface area contributed by atoms with Gasteiger partial charge in [0.25, 0.3) is 11.8 Å². The summed E-state index contributed by atoms with van der Waals surface area (Å²) in [6, 6.07) is 21.7. The number of hydrogen-bond donors (Lipinski definition) is 1.